The number of piperidine rings is 1. The molecule has 34 heavy (non-hydrogen) atoms. The van der Waals surface area contributed by atoms with Gasteiger partial charge in [-0.05, 0) is 42.7 Å². The summed E-state index contributed by atoms with van der Waals surface area (Å²) in [5, 5.41) is -0.195. The largest absolute Gasteiger partial charge is 0.472 e. The summed E-state index contributed by atoms with van der Waals surface area (Å²) in [6.07, 6.45) is 0.859. The number of benzene rings is 1. The molecule has 1 fully saturated rings. The maximum Gasteiger partial charge on any atom is 0.420 e. The molecular weight excluding hydrogens is 474 g/mol. The van der Waals surface area contributed by atoms with E-state index in [9.17, 15) is 22.4 Å². The SMILES string of the molecule is O=C(c1nc2c(C(F)(F)F)cc(-c3ccoc3)cn2c1Cl)N1CCCC(c2ccc(F)cc2)C1. The zero-order valence-corrected chi connectivity index (χ0v) is 18.4. The quantitative estimate of drug-likeness (QED) is 0.310. The maximum atomic E-state index is 13.9. The number of carbonyl (C=O) groups is 1. The van der Waals surface area contributed by atoms with Crippen LogP contribution in [-0.2, 0) is 6.18 Å². The van der Waals surface area contributed by atoms with E-state index in [0.29, 0.717) is 25.1 Å². The Hall–Kier alpha value is -3.33. The molecule has 1 amide bonds. The number of aromatic nitrogens is 2. The van der Waals surface area contributed by atoms with Crippen LogP contribution in [0.2, 0.25) is 5.15 Å². The molecule has 0 aliphatic carbocycles. The van der Waals surface area contributed by atoms with Gasteiger partial charge in [0.1, 0.15) is 11.0 Å². The van der Waals surface area contributed by atoms with Gasteiger partial charge >= 0.3 is 6.18 Å². The maximum absolute atomic E-state index is 13.9. The zero-order chi connectivity index (χ0) is 24.0. The lowest BCUT2D eigenvalue weighted by Crippen LogP contribution is -2.39. The Balaban J connectivity index is 1.52. The number of alkyl halides is 3. The van der Waals surface area contributed by atoms with Crippen LogP contribution in [0.4, 0.5) is 17.6 Å². The van der Waals surface area contributed by atoms with Crippen LogP contribution in [0.5, 0.6) is 0 Å². The minimum atomic E-state index is -4.71. The molecule has 1 atom stereocenters. The van der Waals surface area contributed by atoms with Crippen LogP contribution >= 0.6 is 11.6 Å². The van der Waals surface area contributed by atoms with Crippen LogP contribution < -0.4 is 0 Å². The molecule has 1 saturated heterocycles. The van der Waals surface area contributed by atoms with E-state index in [-0.39, 0.29) is 28.1 Å². The van der Waals surface area contributed by atoms with Gasteiger partial charge in [0.25, 0.3) is 5.91 Å². The molecule has 5 nitrogen and oxygen atoms in total. The van der Waals surface area contributed by atoms with Gasteiger partial charge in [0.05, 0.1) is 18.1 Å². The van der Waals surface area contributed by atoms with Crippen LogP contribution in [0.25, 0.3) is 16.8 Å². The van der Waals surface area contributed by atoms with Gasteiger partial charge in [0.2, 0.25) is 0 Å². The molecule has 4 heterocycles. The van der Waals surface area contributed by atoms with Crippen LogP contribution in [0, 0.1) is 5.82 Å². The highest BCUT2D eigenvalue weighted by molar-refractivity contribution is 6.33. The van der Waals surface area contributed by atoms with Crippen LogP contribution in [0.3, 0.4) is 0 Å². The molecule has 1 unspecified atom stereocenters. The highest BCUT2D eigenvalue weighted by Crippen LogP contribution is 2.37. The molecule has 4 aromatic rings. The van der Waals surface area contributed by atoms with Crippen molar-refractivity contribution in [2.24, 2.45) is 0 Å². The summed E-state index contributed by atoms with van der Waals surface area (Å²) in [6.45, 7) is 0.758. The minimum absolute atomic E-state index is 0.0208. The molecule has 0 radical (unpaired) electrons. The second kappa shape index (κ2) is 8.47. The molecule has 0 spiro atoms. The van der Waals surface area contributed by atoms with Gasteiger partial charge < -0.3 is 9.32 Å². The van der Waals surface area contributed by atoms with Gasteiger partial charge in [-0.2, -0.15) is 13.2 Å². The summed E-state index contributed by atoms with van der Waals surface area (Å²) in [5.74, 6) is -0.912. The first-order valence-corrected chi connectivity index (χ1v) is 11.0. The number of nitrogens with zero attached hydrogens (tertiary/aromatic N) is 3. The van der Waals surface area contributed by atoms with E-state index in [4.69, 9.17) is 16.0 Å². The lowest BCUT2D eigenvalue weighted by atomic mass is 9.90. The lowest BCUT2D eigenvalue weighted by molar-refractivity contribution is -0.136. The normalized spacial score (nSPS) is 16.9. The number of furan rings is 1. The number of rotatable bonds is 3. The van der Waals surface area contributed by atoms with E-state index in [1.807, 2.05) is 0 Å². The van der Waals surface area contributed by atoms with Gasteiger partial charge in [0.15, 0.2) is 11.3 Å². The standard InChI is InChI=1S/C24H18ClF4N3O2/c25-21-20(23(33)31-8-1-2-15(11-31)14-3-5-18(26)6-4-14)30-22-19(24(27,28)29)10-17(12-32(21)22)16-7-9-34-13-16/h3-7,9-10,12-13,15H,1-2,8,11H2. The summed E-state index contributed by atoms with van der Waals surface area (Å²) in [7, 11) is 0. The van der Waals surface area contributed by atoms with Crippen molar-refractivity contribution in [1.29, 1.82) is 0 Å². The number of carbonyl (C=O) groups excluding carboxylic acids is 1. The van der Waals surface area contributed by atoms with E-state index in [0.717, 1.165) is 22.5 Å². The van der Waals surface area contributed by atoms with Crippen molar-refractivity contribution in [2.45, 2.75) is 24.9 Å². The van der Waals surface area contributed by atoms with Gasteiger partial charge in [-0.25, -0.2) is 9.37 Å². The topological polar surface area (TPSA) is 50.8 Å². The third-order valence-electron chi connectivity index (χ3n) is 6.07. The minimum Gasteiger partial charge on any atom is -0.472 e. The fraction of sp³-hybridized carbons (Fsp3) is 0.250. The predicted octanol–water partition coefficient (Wildman–Crippen LogP) is 6.43. The average molecular weight is 492 g/mol. The first-order chi connectivity index (χ1) is 16.2. The Morgan fingerprint density at radius 2 is 1.91 bits per heavy atom. The monoisotopic (exact) mass is 491 g/mol. The molecule has 0 bridgehead atoms. The van der Waals surface area contributed by atoms with Gasteiger partial charge in [0, 0.05) is 36.3 Å². The Kier molecular flexibility index (Phi) is 5.59. The van der Waals surface area contributed by atoms with E-state index >= 15 is 0 Å². The number of hydrogen-bond donors (Lipinski definition) is 0. The van der Waals surface area contributed by atoms with Crippen molar-refractivity contribution in [1.82, 2.24) is 14.3 Å². The van der Waals surface area contributed by atoms with E-state index < -0.39 is 23.3 Å². The summed E-state index contributed by atoms with van der Waals surface area (Å²) >= 11 is 6.42. The number of halogens is 5. The van der Waals surface area contributed by atoms with Gasteiger partial charge in [-0.3, -0.25) is 9.20 Å². The van der Waals surface area contributed by atoms with Gasteiger partial charge in [-0.15, -0.1) is 0 Å². The highest BCUT2D eigenvalue weighted by Gasteiger charge is 2.37. The fourth-order valence-corrected chi connectivity index (χ4v) is 4.62. The number of amides is 1. The van der Waals surface area contributed by atoms with Crippen molar-refractivity contribution in [2.75, 3.05) is 13.1 Å². The number of fused-ring (bicyclic) bond motifs is 1. The molecule has 10 heteroatoms. The summed E-state index contributed by atoms with van der Waals surface area (Å²) < 4.78 is 60.9. The van der Waals surface area contributed by atoms with E-state index in [2.05, 4.69) is 4.98 Å². The van der Waals surface area contributed by atoms with Crippen molar-refractivity contribution < 1.29 is 26.8 Å². The molecule has 176 valence electrons. The number of pyridine rings is 1. The predicted molar refractivity (Wildman–Crippen MR) is 117 cm³/mol. The van der Waals surface area contributed by atoms with Crippen LogP contribution in [-0.4, -0.2) is 33.3 Å². The first kappa shape index (κ1) is 22.5. The molecule has 3 aromatic heterocycles. The Labute approximate surface area is 196 Å². The molecule has 1 aromatic carbocycles. The molecular formula is C24H18ClF4N3O2. The second-order valence-corrected chi connectivity index (χ2v) is 8.60. The lowest BCUT2D eigenvalue weighted by Gasteiger charge is -2.32. The molecule has 0 saturated carbocycles. The summed E-state index contributed by atoms with van der Waals surface area (Å²) in [5.41, 5.74) is -0.139. The van der Waals surface area contributed by atoms with Crippen molar-refractivity contribution in [3.8, 4) is 11.1 Å². The van der Waals surface area contributed by atoms with Crippen LogP contribution in [0.15, 0.2) is 59.5 Å². The average Bonchev–Trinajstić information content (AvgIpc) is 3.47. The van der Waals surface area contributed by atoms with Gasteiger partial charge in [-0.1, -0.05) is 23.7 Å². The van der Waals surface area contributed by atoms with Crippen molar-refractivity contribution >= 4 is 23.2 Å². The van der Waals surface area contributed by atoms with E-state index in [1.54, 1.807) is 12.1 Å². The van der Waals surface area contributed by atoms with Crippen molar-refractivity contribution in [3.63, 3.8) is 0 Å². The first-order valence-electron chi connectivity index (χ1n) is 10.6. The molecule has 5 rings (SSSR count). The summed E-state index contributed by atoms with van der Waals surface area (Å²) in [6, 6.07) is 8.58. The molecule has 1 aliphatic rings. The number of imidazole rings is 1. The number of hydrogen-bond acceptors (Lipinski definition) is 3. The smallest absolute Gasteiger partial charge is 0.420 e. The van der Waals surface area contributed by atoms with Crippen LogP contribution in [0.1, 0.15) is 40.4 Å². The Morgan fingerprint density at radius 1 is 1.15 bits per heavy atom. The van der Waals surface area contributed by atoms with Crippen molar-refractivity contribution in [3.05, 3.63) is 82.9 Å². The Bertz CT molecular complexity index is 1350. The molecule has 0 N–H and O–H groups in total. The third kappa shape index (κ3) is 4.04. The third-order valence-corrected chi connectivity index (χ3v) is 6.44. The fourth-order valence-electron chi connectivity index (χ4n) is 4.37. The summed E-state index contributed by atoms with van der Waals surface area (Å²) in [4.78, 5) is 18.9. The second-order valence-electron chi connectivity index (χ2n) is 8.24. The zero-order valence-electron chi connectivity index (χ0n) is 17.6. The van der Waals surface area contributed by atoms with E-state index in [1.165, 1.54) is 41.8 Å². The Morgan fingerprint density at radius 3 is 2.59 bits per heavy atom. The highest BCUT2D eigenvalue weighted by atomic mass is 35.5. The number of likely N-dealkylation sites (tertiary alicyclic amines) is 1. The molecule has 1 aliphatic heterocycles.